The van der Waals surface area contributed by atoms with Gasteiger partial charge in [0.1, 0.15) is 0 Å². The molecule has 1 fully saturated rings. The van der Waals surface area contributed by atoms with Crippen molar-refractivity contribution < 1.29 is 4.74 Å². The topological polar surface area (TPSA) is 21.3 Å². The van der Waals surface area contributed by atoms with Gasteiger partial charge in [-0.15, -0.1) is 0 Å². The van der Waals surface area contributed by atoms with Crippen molar-refractivity contribution in [2.24, 2.45) is 11.8 Å². The summed E-state index contributed by atoms with van der Waals surface area (Å²) in [6, 6.07) is 0.705. The minimum absolute atomic E-state index is 0.0282. The highest BCUT2D eigenvalue weighted by Gasteiger charge is 2.26. The third-order valence-corrected chi connectivity index (χ3v) is 4.01. The first-order chi connectivity index (χ1) is 7.94. The van der Waals surface area contributed by atoms with E-state index in [2.05, 4.69) is 39.9 Å². The molecule has 0 heterocycles. The Morgan fingerprint density at radius 2 is 2.00 bits per heavy atom. The van der Waals surface area contributed by atoms with Crippen LogP contribution in [-0.4, -0.2) is 24.8 Å². The summed E-state index contributed by atoms with van der Waals surface area (Å²) in [6.45, 7) is 12.9. The highest BCUT2D eigenvalue weighted by Crippen LogP contribution is 2.30. The highest BCUT2D eigenvalue weighted by molar-refractivity contribution is 4.82. The number of hydrogen-bond acceptors (Lipinski definition) is 2. The summed E-state index contributed by atoms with van der Waals surface area (Å²) >= 11 is 0. The molecule has 0 spiro atoms. The van der Waals surface area contributed by atoms with Gasteiger partial charge in [-0.25, -0.2) is 0 Å². The molecule has 17 heavy (non-hydrogen) atoms. The van der Waals surface area contributed by atoms with Gasteiger partial charge >= 0.3 is 0 Å². The van der Waals surface area contributed by atoms with Gasteiger partial charge in [0, 0.05) is 19.2 Å². The van der Waals surface area contributed by atoms with Crippen molar-refractivity contribution in [3.05, 3.63) is 0 Å². The minimum Gasteiger partial charge on any atom is -0.375 e. The summed E-state index contributed by atoms with van der Waals surface area (Å²) in [6.07, 6.45) is 5.49. The fraction of sp³-hybridized carbons (Fsp3) is 1.00. The SMILES string of the molecule is CCOC(C)(C)CNC1CCCC(C(C)C)C1. The predicted octanol–water partition coefficient (Wildman–Crippen LogP) is 3.61. The summed E-state index contributed by atoms with van der Waals surface area (Å²) in [7, 11) is 0. The largest absolute Gasteiger partial charge is 0.375 e. The van der Waals surface area contributed by atoms with Crippen molar-refractivity contribution in [2.45, 2.75) is 71.9 Å². The second-order valence-electron chi connectivity index (χ2n) is 6.44. The van der Waals surface area contributed by atoms with E-state index in [1.54, 1.807) is 0 Å². The Labute approximate surface area is 108 Å². The molecule has 2 nitrogen and oxygen atoms in total. The Bertz CT molecular complexity index is 213. The number of hydrogen-bond donors (Lipinski definition) is 1. The highest BCUT2D eigenvalue weighted by atomic mass is 16.5. The smallest absolute Gasteiger partial charge is 0.0750 e. The van der Waals surface area contributed by atoms with E-state index in [9.17, 15) is 0 Å². The van der Waals surface area contributed by atoms with Crippen LogP contribution in [0, 0.1) is 11.8 Å². The van der Waals surface area contributed by atoms with E-state index >= 15 is 0 Å². The molecule has 0 aromatic rings. The predicted molar refractivity (Wildman–Crippen MR) is 74.3 cm³/mol. The molecule has 1 saturated carbocycles. The summed E-state index contributed by atoms with van der Waals surface area (Å²) < 4.78 is 5.73. The van der Waals surface area contributed by atoms with Crippen LogP contribution in [-0.2, 0) is 4.74 Å². The van der Waals surface area contributed by atoms with E-state index in [1.165, 1.54) is 25.7 Å². The molecule has 1 N–H and O–H groups in total. The third-order valence-electron chi connectivity index (χ3n) is 4.01. The maximum Gasteiger partial charge on any atom is 0.0750 e. The van der Waals surface area contributed by atoms with E-state index in [-0.39, 0.29) is 5.60 Å². The zero-order chi connectivity index (χ0) is 12.9. The van der Waals surface area contributed by atoms with Gasteiger partial charge in [0.15, 0.2) is 0 Å². The maximum atomic E-state index is 5.73. The zero-order valence-electron chi connectivity index (χ0n) is 12.4. The molecule has 1 rings (SSSR count). The normalized spacial score (nSPS) is 26.5. The van der Waals surface area contributed by atoms with Crippen LogP contribution in [0.1, 0.15) is 60.3 Å². The monoisotopic (exact) mass is 241 g/mol. The van der Waals surface area contributed by atoms with E-state index in [4.69, 9.17) is 4.74 Å². The average Bonchev–Trinajstić information content (AvgIpc) is 2.27. The van der Waals surface area contributed by atoms with Crippen molar-refractivity contribution in [3.8, 4) is 0 Å². The second kappa shape index (κ2) is 6.75. The average molecular weight is 241 g/mol. The fourth-order valence-electron chi connectivity index (χ4n) is 2.85. The Morgan fingerprint density at radius 1 is 1.29 bits per heavy atom. The molecule has 0 bridgehead atoms. The summed E-state index contributed by atoms with van der Waals surface area (Å²) in [5.41, 5.74) is -0.0282. The molecule has 0 amide bonds. The van der Waals surface area contributed by atoms with Gasteiger partial charge in [-0.1, -0.05) is 26.7 Å². The van der Waals surface area contributed by atoms with Crippen molar-refractivity contribution in [1.82, 2.24) is 5.32 Å². The first-order valence-corrected chi connectivity index (χ1v) is 7.32. The Morgan fingerprint density at radius 3 is 2.59 bits per heavy atom. The summed E-state index contributed by atoms with van der Waals surface area (Å²) in [5.74, 6) is 1.75. The van der Waals surface area contributed by atoms with E-state index in [0.717, 1.165) is 25.0 Å². The Hall–Kier alpha value is -0.0800. The molecule has 2 heteroatoms. The van der Waals surface area contributed by atoms with Crippen LogP contribution in [0.5, 0.6) is 0 Å². The standard InChI is InChI=1S/C15H31NO/c1-6-17-15(4,5)11-16-14-9-7-8-13(10-14)12(2)3/h12-14,16H,6-11H2,1-5H3. The van der Waals surface area contributed by atoms with Crippen LogP contribution < -0.4 is 5.32 Å². The Kier molecular flexibility index (Phi) is 5.94. The van der Waals surface area contributed by atoms with Gasteiger partial charge in [-0.2, -0.15) is 0 Å². The lowest BCUT2D eigenvalue weighted by Crippen LogP contribution is -2.44. The molecule has 0 radical (unpaired) electrons. The minimum atomic E-state index is -0.0282. The lowest BCUT2D eigenvalue weighted by atomic mass is 9.79. The van der Waals surface area contributed by atoms with E-state index < -0.39 is 0 Å². The third kappa shape index (κ3) is 5.39. The Balaban J connectivity index is 2.31. The molecular formula is C15H31NO. The molecule has 1 aliphatic carbocycles. The molecular weight excluding hydrogens is 210 g/mol. The maximum absolute atomic E-state index is 5.73. The van der Waals surface area contributed by atoms with Crippen LogP contribution >= 0.6 is 0 Å². The van der Waals surface area contributed by atoms with Crippen LogP contribution in [0.4, 0.5) is 0 Å². The van der Waals surface area contributed by atoms with Crippen molar-refractivity contribution in [1.29, 1.82) is 0 Å². The second-order valence-corrected chi connectivity index (χ2v) is 6.44. The zero-order valence-corrected chi connectivity index (χ0v) is 12.4. The van der Waals surface area contributed by atoms with Gasteiger partial charge in [0.2, 0.25) is 0 Å². The van der Waals surface area contributed by atoms with Crippen molar-refractivity contribution in [3.63, 3.8) is 0 Å². The lowest BCUT2D eigenvalue weighted by Gasteiger charge is -2.34. The van der Waals surface area contributed by atoms with E-state index in [1.807, 2.05) is 0 Å². The number of nitrogens with one attached hydrogen (secondary N) is 1. The van der Waals surface area contributed by atoms with Crippen LogP contribution in [0.2, 0.25) is 0 Å². The first-order valence-electron chi connectivity index (χ1n) is 7.32. The number of ether oxygens (including phenoxy) is 1. The van der Waals surface area contributed by atoms with Gasteiger partial charge in [0.25, 0.3) is 0 Å². The summed E-state index contributed by atoms with van der Waals surface area (Å²) in [4.78, 5) is 0. The molecule has 0 saturated heterocycles. The lowest BCUT2D eigenvalue weighted by molar-refractivity contribution is -0.0120. The first kappa shape index (κ1) is 15.0. The fourth-order valence-corrected chi connectivity index (χ4v) is 2.85. The van der Waals surface area contributed by atoms with Gasteiger partial charge in [0.05, 0.1) is 5.60 Å². The van der Waals surface area contributed by atoms with Crippen molar-refractivity contribution in [2.75, 3.05) is 13.2 Å². The molecule has 102 valence electrons. The van der Waals surface area contributed by atoms with Crippen LogP contribution in [0.3, 0.4) is 0 Å². The van der Waals surface area contributed by atoms with Gasteiger partial charge < -0.3 is 10.1 Å². The van der Waals surface area contributed by atoms with Gasteiger partial charge in [-0.05, 0) is 45.4 Å². The molecule has 0 aromatic carbocycles. The molecule has 1 aliphatic rings. The number of rotatable bonds is 6. The van der Waals surface area contributed by atoms with Crippen LogP contribution in [0.25, 0.3) is 0 Å². The summed E-state index contributed by atoms with van der Waals surface area (Å²) in [5, 5.41) is 3.71. The molecule has 0 aliphatic heterocycles. The molecule has 2 atom stereocenters. The molecule has 0 aromatic heterocycles. The van der Waals surface area contributed by atoms with Crippen molar-refractivity contribution >= 4 is 0 Å². The molecule has 2 unspecified atom stereocenters. The quantitative estimate of drug-likeness (QED) is 0.767. The van der Waals surface area contributed by atoms with E-state index in [0.29, 0.717) is 6.04 Å². The van der Waals surface area contributed by atoms with Gasteiger partial charge in [-0.3, -0.25) is 0 Å². The van der Waals surface area contributed by atoms with Crippen LogP contribution in [0.15, 0.2) is 0 Å².